The predicted octanol–water partition coefficient (Wildman–Crippen LogP) is 4.84. The zero-order valence-corrected chi connectivity index (χ0v) is 16.2. The number of halogens is 1. The zero-order chi connectivity index (χ0) is 15.4. The minimum Gasteiger partial charge on any atom is -0.347 e. The average molecular weight is 388 g/mol. The number of hydrogen-bond donors (Lipinski definition) is 1. The minimum absolute atomic E-state index is 0.516. The van der Waals surface area contributed by atoms with Gasteiger partial charge in [-0.3, -0.25) is 0 Å². The quantitative estimate of drug-likeness (QED) is 0.736. The molecule has 116 valence electrons. The second-order valence-electron chi connectivity index (χ2n) is 5.26. The molecule has 0 aromatic carbocycles. The molecule has 0 aliphatic heterocycles. The molecule has 6 heteroatoms. The number of nitrogens with zero attached hydrogens (tertiary/aromatic N) is 2. The van der Waals surface area contributed by atoms with Crippen molar-refractivity contribution in [3.63, 3.8) is 0 Å². The van der Waals surface area contributed by atoms with E-state index < -0.39 is 0 Å². The lowest BCUT2D eigenvalue weighted by Gasteiger charge is -2.14. The van der Waals surface area contributed by atoms with Crippen LogP contribution in [0, 0.1) is 0 Å². The molecule has 3 nitrogen and oxygen atoms in total. The fourth-order valence-corrected chi connectivity index (χ4v) is 4.50. The first-order valence-electron chi connectivity index (χ1n) is 7.13. The molecule has 0 aliphatic rings. The number of thiophene rings is 1. The third kappa shape index (κ3) is 4.28. The van der Waals surface area contributed by atoms with Gasteiger partial charge in [0.2, 0.25) is 0 Å². The van der Waals surface area contributed by atoms with Crippen molar-refractivity contribution in [2.45, 2.75) is 39.3 Å². The van der Waals surface area contributed by atoms with Crippen LogP contribution in [0.3, 0.4) is 0 Å². The Morgan fingerprint density at radius 1 is 1.48 bits per heavy atom. The van der Waals surface area contributed by atoms with Crippen LogP contribution in [-0.2, 0) is 13.1 Å². The molecule has 0 saturated carbocycles. The first-order chi connectivity index (χ1) is 10.0. The summed E-state index contributed by atoms with van der Waals surface area (Å²) in [6, 6.07) is 2.18. The van der Waals surface area contributed by atoms with E-state index in [9.17, 15) is 0 Å². The van der Waals surface area contributed by atoms with Crippen LogP contribution in [0.25, 0.3) is 0 Å². The first-order valence-corrected chi connectivity index (χ1v) is 9.62. The maximum atomic E-state index is 4.90. The van der Waals surface area contributed by atoms with E-state index in [1.54, 1.807) is 22.7 Å². The maximum Gasteiger partial charge on any atom is 0.185 e. The summed E-state index contributed by atoms with van der Waals surface area (Å²) in [7, 11) is 4.11. The van der Waals surface area contributed by atoms with Crippen molar-refractivity contribution in [1.29, 1.82) is 0 Å². The van der Waals surface area contributed by atoms with Crippen molar-refractivity contribution in [2.75, 3.05) is 19.0 Å². The molecule has 21 heavy (non-hydrogen) atoms. The Labute approximate surface area is 143 Å². The van der Waals surface area contributed by atoms with Crippen molar-refractivity contribution < 1.29 is 0 Å². The molecule has 0 saturated heterocycles. The third-order valence-corrected chi connectivity index (χ3v) is 6.24. The van der Waals surface area contributed by atoms with E-state index >= 15 is 0 Å². The molecule has 0 bridgehead atoms. The van der Waals surface area contributed by atoms with Crippen LogP contribution in [0.15, 0.2) is 15.2 Å². The zero-order valence-electron chi connectivity index (χ0n) is 12.9. The highest BCUT2D eigenvalue weighted by atomic mass is 79.9. The van der Waals surface area contributed by atoms with Gasteiger partial charge in [-0.2, -0.15) is 0 Å². The van der Waals surface area contributed by atoms with Crippen LogP contribution in [0.2, 0.25) is 0 Å². The van der Waals surface area contributed by atoms with Gasteiger partial charge in [0.25, 0.3) is 0 Å². The number of rotatable bonds is 7. The highest BCUT2D eigenvalue weighted by molar-refractivity contribution is 9.11. The van der Waals surface area contributed by atoms with Gasteiger partial charge in [0.15, 0.2) is 5.13 Å². The van der Waals surface area contributed by atoms with E-state index in [0.717, 1.165) is 24.6 Å². The predicted molar refractivity (Wildman–Crippen MR) is 97.7 cm³/mol. The fraction of sp³-hybridized carbons (Fsp3) is 0.533. The van der Waals surface area contributed by atoms with Crippen LogP contribution in [0.5, 0.6) is 0 Å². The van der Waals surface area contributed by atoms with Crippen LogP contribution in [0.1, 0.15) is 42.3 Å². The smallest absolute Gasteiger partial charge is 0.185 e. The van der Waals surface area contributed by atoms with Gasteiger partial charge in [-0.1, -0.05) is 13.8 Å². The summed E-state index contributed by atoms with van der Waals surface area (Å²) in [4.78, 5) is 8.50. The Morgan fingerprint density at radius 3 is 2.81 bits per heavy atom. The summed E-state index contributed by atoms with van der Waals surface area (Å²) < 4.78 is 1.18. The molecule has 1 N–H and O–H groups in total. The number of thiazole rings is 1. The summed E-state index contributed by atoms with van der Waals surface area (Å²) in [5.74, 6) is 0.516. The lowest BCUT2D eigenvalue weighted by molar-refractivity contribution is 0.692. The monoisotopic (exact) mass is 387 g/mol. The van der Waals surface area contributed by atoms with E-state index in [1.165, 1.54) is 19.9 Å². The van der Waals surface area contributed by atoms with Crippen molar-refractivity contribution in [3.8, 4) is 0 Å². The summed E-state index contributed by atoms with van der Waals surface area (Å²) in [6.45, 7) is 6.27. The largest absolute Gasteiger partial charge is 0.347 e. The molecule has 1 unspecified atom stereocenters. The van der Waals surface area contributed by atoms with Gasteiger partial charge in [-0.25, -0.2) is 4.98 Å². The Morgan fingerprint density at radius 2 is 2.24 bits per heavy atom. The lowest BCUT2D eigenvalue weighted by Crippen LogP contribution is -2.15. The molecular formula is C15H22BrN3S2. The number of hydrogen-bond acceptors (Lipinski definition) is 5. The Bertz CT molecular complexity index is 579. The summed E-state index contributed by atoms with van der Waals surface area (Å²) in [5, 5.41) is 6.56. The second-order valence-corrected chi connectivity index (χ2v) is 8.61. The van der Waals surface area contributed by atoms with Gasteiger partial charge in [-0.15, -0.1) is 22.7 Å². The molecule has 2 heterocycles. The highest BCUT2D eigenvalue weighted by Gasteiger charge is 2.17. The first kappa shape index (κ1) is 16.9. The molecule has 1 atom stereocenters. The van der Waals surface area contributed by atoms with Crippen molar-refractivity contribution in [2.24, 2.45) is 0 Å². The van der Waals surface area contributed by atoms with Gasteiger partial charge in [0, 0.05) is 25.0 Å². The topological polar surface area (TPSA) is 28.2 Å². The Kier molecular flexibility index (Phi) is 6.22. The summed E-state index contributed by atoms with van der Waals surface area (Å²) in [6.07, 6.45) is 1.13. The molecule has 2 aromatic rings. The second kappa shape index (κ2) is 7.72. The highest BCUT2D eigenvalue weighted by Crippen LogP contribution is 2.32. The van der Waals surface area contributed by atoms with Gasteiger partial charge in [0.05, 0.1) is 9.48 Å². The van der Waals surface area contributed by atoms with Crippen molar-refractivity contribution in [1.82, 2.24) is 10.3 Å². The van der Waals surface area contributed by atoms with E-state index in [0.29, 0.717) is 5.92 Å². The summed E-state index contributed by atoms with van der Waals surface area (Å²) >= 11 is 7.06. The van der Waals surface area contributed by atoms with Crippen LogP contribution in [0.4, 0.5) is 5.13 Å². The van der Waals surface area contributed by atoms with E-state index in [2.05, 4.69) is 58.5 Å². The number of aromatic nitrogens is 1. The standard InChI is InChI=1S/C15H22BrN3S2/c1-5-10(2)14-12(7-17-3)21-15(18-14)19(4)8-11-6-13(16)20-9-11/h6,9-10,17H,5,7-8H2,1-4H3. The Hall–Kier alpha value is -0.430. The lowest BCUT2D eigenvalue weighted by atomic mass is 10.0. The van der Waals surface area contributed by atoms with Gasteiger partial charge < -0.3 is 10.2 Å². The maximum absolute atomic E-state index is 4.90. The molecular weight excluding hydrogens is 366 g/mol. The third-order valence-electron chi connectivity index (χ3n) is 3.50. The average Bonchev–Trinajstić information content (AvgIpc) is 3.05. The molecule has 2 rings (SSSR count). The summed E-state index contributed by atoms with van der Waals surface area (Å²) in [5.41, 5.74) is 2.58. The van der Waals surface area contributed by atoms with E-state index in [1.807, 2.05) is 7.05 Å². The van der Waals surface area contributed by atoms with Gasteiger partial charge in [0.1, 0.15) is 0 Å². The number of nitrogens with one attached hydrogen (secondary N) is 1. The molecule has 0 fully saturated rings. The van der Waals surface area contributed by atoms with E-state index in [-0.39, 0.29) is 0 Å². The van der Waals surface area contributed by atoms with Crippen LogP contribution in [-0.4, -0.2) is 19.1 Å². The van der Waals surface area contributed by atoms with Crippen LogP contribution < -0.4 is 10.2 Å². The van der Waals surface area contributed by atoms with Crippen molar-refractivity contribution >= 4 is 43.7 Å². The van der Waals surface area contributed by atoms with Gasteiger partial charge >= 0.3 is 0 Å². The fourth-order valence-electron chi connectivity index (χ4n) is 2.15. The Balaban J connectivity index is 2.18. The van der Waals surface area contributed by atoms with E-state index in [4.69, 9.17) is 4.98 Å². The van der Waals surface area contributed by atoms with Gasteiger partial charge in [-0.05, 0) is 52.3 Å². The minimum atomic E-state index is 0.516. The molecule has 0 aliphatic carbocycles. The number of anilines is 1. The molecule has 0 amide bonds. The molecule has 0 spiro atoms. The van der Waals surface area contributed by atoms with Crippen molar-refractivity contribution in [3.05, 3.63) is 31.4 Å². The molecule has 2 aromatic heterocycles. The normalized spacial score (nSPS) is 12.6. The molecule has 0 radical (unpaired) electrons. The SMILES string of the molecule is CCC(C)c1nc(N(C)Cc2csc(Br)c2)sc1CNC. The van der Waals surface area contributed by atoms with Crippen LogP contribution >= 0.6 is 38.6 Å².